The molecule has 3 aromatic rings. The summed E-state index contributed by atoms with van der Waals surface area (Å²) in [7, 11) is 0. The van der Waals surface area contributed by atoms with E-state index in [1.807, 2.05) is 0 Å². The minimum Gasteiger partial charge on any atom is -0.455 e. The number of rotatable bonds is 4. The van der Waals surface area contributed by atoms with E-state index in [0.717, 1.165) is 34.1 Å². The van der Waals surface area contributed by atoms with Gasteiger partial charge in [0.1, 0.15) is 6.61 Å². The van der Waals surface area contributed by atoms with Gasteiger partial charge in [0, 0.05) is 17.8 Å². The van der Waals surface area contributed by atoms with E-state index in [9.17, 15) is 22.8 Å². The van der Waals surface area contributed by atoms with Crippen molar-refractivity contribution < 1.29 is 22.7 Å². The predicted molar refractivity (Wildman–Crippen MR) is 92.1 cm³/mol. The van der Waals surface area contributed by atoms with Gasteiger partial charge >= 0.3 is 12.1 Å². The van der Waals surface area contributed by atoms with Gasteiger partial charge in [-0.3, -0.25) is 4.79 Å². The molecule has 27 heavy (non-hydrogen) atoms. The van der Waals surface area contributed by atoms with E-state index in [2.05, 4.69) is 10.1 Å². The maximum Gasteiger partial charge on any atom is 0.416 e. The van der Waals surface area contributed by atoms with Crippen molar-refractivity contribution in [2.24, 2.45) is 0 Å². The Morgan fingerprint density at radius 3 is 2.67 bits per heavy atom. The summed E-state index contributed by atoms with van der Waals surface area (Å²) in [5.41, 5.74) is -0.108. The fraction of sp³-hybridized carbons (Fsp3) is 0.176. The summed E-state index contributed by atoms with van der Waals surface area (Å²) < 4.78 is 43.6. The normalized spacial score (nSPS) is 12.0. The number of esters is 1. The number of ether oxygens (including phenoxy) is 1. The van der Waals surface area contributed by atoms with Gasteiger partial charge in [-0.25, -0.2) is 9.78 Å². The van der Waals surface area contributed by atoms with Gasteiger partial charge in [-0.2, -0.15) is 22.8 Å². The number of alkyl halides is 3. The molecule has 0 fully saturated rings. The molecule has 3 rings (SSSR count). The van der Waals surface area contributed by atoms with Crippen LogP contribution in [0.25, 0.3) is 11.0 Å². The monoisotopic (exact) mass is 395 g/mol. The fourth-order valence-electron chi connectivity index (χ4n) is 2.15. The first kappa shape index (κ1) is 18.8. The van der Waals surface area contributed by atoms with E-state index in [1.54, 1.807) is 6.92 Å². The standard InChI is InChI=1S/C17H12F3N3O3S/c1-10-8-14(24)23-16(21-10)27-13(22-23)9-26-15(25)7-4-11-2-5-12(6-3-11)17(18,19)20/h2-8H,9H2,1H3/b7-4+. The van der Waals surface area contributed by atoms with Crippen molar-refractivity contribution in [1.29, 1.82) is 0 Å². The number of hydrogen-bond acceptors (Lipinski definition) is 6. The molecule has 0 radical (unpaired) electrons. The topological polar surface area (TPSA) is 73.6 Å². The number of carbonyl (C=O) groups is 1. The zero-order valence-electron chi connectivity index (χ0n) is 13.9. The molecule has 0 saturated heterocycles. The van der Waals surface area contributed by atoms with Crippen molar-refractivity contribution in [3.05, 3.63) is 68.6 Å². The quantitative estimate of drug-likeness (QED) is 0.501. The van der Waals surface area contributed by atoms with E-state index in [1.165, 1.54) is 24.3 Å². The van der Waals surface area contributed by atoms with Crippen LogP contribution >= 0.6 is 11.3 Å². The fourth-order valence-corrected chi connectivity index (χ4v) is 3.00. The van der Waals surface area contributed by atoms with Crippen LogP contribution in [0, 0.1) is 6.92 Å². The van der Waals surface area contributed by atoms with Crippen molar-refractivity contribution in [3.8, 4) is 0 Å². The largest absolute Gasteiger partial charge is 0.455 e. The van der Waals surface area contributed by atoms with Gasteiger partial charge in [-0.1, -0.05) is 23.5 Å². The lowest BCUT2D eigenvalue weighted by molar-refractivity contribution is -0.139. The molecule has 2 aromatic heterocycles. The smallest absolute Gasteiger partial charge is 0.416 e. The van der Waals surface area contributed by atoms with Gasteiger partial charge < -0.3 is 4.74 Å². The minimum absolute atomic E-state index is 0.150. The van der Waals surface area contributed by atoms with Gasteiger partial charge in [-0.05, 0) is 30.7 Å². The third-order valence-corrected chi connectivity index (χ3v) is 4.28. The number of nitrogens with zero attached hydrogens (tertiary/aromatic N) is 3. The van der Waals surface area contributed by atoms with Gasteiger partial charge in [-0.15, -0.1) is 0 Å². The van der Waals surface area contributed by atoms with Crippen molar-refractivity contribution in [2.75, 3.05) is 0 Å². The zero-order valence-corrected chi connectivity index (χ0v) is 14.7. The summed E-state index contributed by atoms with van der Waals surface area (Å²) in [5, 5.41) is 4.42. The molecule has 0 aliphatic rings. The predicted octanol–water partition coefficient (Wildman–Crippen LogP) is 3.23. The van der Waals surface area contributed by atoms with Gasteiger partial charge in [0.15, 0.2) is 5.01 Å². The molecular weight excluding hydrogens is 383 g/mol. The van der Waals surface area contributed by atoms with E-state index < -0.39 is 17.7 Å². The molecule has 0 unspecified atom stereocenters. The number of hydrogen-bond donors (Lipinski definition) is 0. The minimum atomic E-state index is -4.41. The molecule has 1 aromatic carbocycles. The number of aromatic nitrogens is 3. The van der Waals surface area contributed by atoms with Crippen molar-refractivity contribution >= 4 is 28.3 Å². The maximum atomic E-state index is 12.5. The molecule has 0 amide bonds. The van der Waals surface area contributed by atoms with Crippen LogP contribution in [0.4, 0.5) is 13.2 Å². The Hall–Kier alpha value is -3.01. The SMILES string of the molecule is Cc1cc(=O)n2nc(COC(=O)/C=C/c3ccc(C(F)(F)F)cc3)sc2n1. The lowest BCUT2D eigenvalue weighted by Gasteiger charge is -2.05. The first-order chi connectivity index (χ1) is 12.7. The zero-order chi connectivity index (χ0) is 19.6. The Morgan fingerprint density at radius 2 is 2.00 bits per heavy atom. The summed E-state index contributed by atoms with van der Waals surface area (Å²) in [6, 6.07) is 5.70. The number of halogens is 3. The van der Waals surface area contributed by atoms with Gasteiger partial charge in [0.05, 0.1) is 5.56 Å². The van der Waals surface area contributed by atoms with E-state index in [4.69, 9.17) is 4.74 Å². The van der Waals surface area contributed by atoms with Crippen molar-refractivity contribution in [1.82, 2.24) is 14.6 Å². The Balaban J connectivity index is 1.62. The van der Waals surface area contributed by atoms with Gasteiger partial charge in [0.25, 0.3) is 5.56 Å². The lowest BCUT2D eigenvalue weighted by atomic mass is 10.1. The third kappa shape index (κ3) is 4.59. The van der Waals surface area contributed by atoms with Crippen LogP contribution in [0.5, 0.6) is 0 Å². The van der Waals surface area contributed by atoms with Crippen LogP contribution in [-0.4, -0.2) is 20.6 Å². The highest BCUT2D eigenvalue weighted by molar-refractivity contribution is 7.16. The molecule has 0 aliphatic carbocycles. The Morgan fingerprint density at radius 1 is 1.30 bits per heavy atom. The highest BCUT2D eigenvalue weighted by atomic mass is 32.1. The molecule has 0 bridgehead atoms. The van der Waals surface area contributed by atoms with E-state index in [0.29, 0.717) is 21.2 Å². The molecule has 0 N–H and O–H groups in total. The van der Waals surface area contributed by atoms with Gasteiger partial charge in [0.2, 0.25) is 4.96 Å². The highest BCUT2D eigenvalue weighted by Gasteiger charge is 2.29. The van der Waals surface area contributed by atoms with Crippen LogP contribution < -0.4 is 5.56 Å². The Bertz CT molecular complexity index is 1070. The maximum absolute atomic E-state index is 12.5. The second-order valence-corrected chi connectivity index (χ2v) is 6.53. The first-order valence-corrected chi connectivity index (χ1v) is 8.42. The molecule has 0 atom stereocenters. The molecule has 0 aliphatic heterocycles. The second-order valence-electron chi connectivity index (χ2n) is 5.49. The summed E-state index contributed by atoms with van der Waals surface area (Å²) in [5.74, 6) is -0.689. The summed E-state index contributed by atoms with van der Waals surface area (Å²) in [6.45, 7) is 1.54. The molecule has 0 spiro atoms. The van der Waals surface area contributed by atoms with Crippen LogP contribution in [0.3, 0.4) is 0 Å². The number of carbonyl (C=O) groups excluding carboxylic acids is 1. The molecule has 10 heteroatoms. The Kier molecular flexibility index (Phi) is 5.08. The Labute approximate surface area is 154 Å². The van der Waals surface area contributed by atoms with Crippen LogP contribution in [-0.2, 0) is 22.3 Å². The third-order valence-electron chi connectivity index (χ3n) is 3.40. The highest BCUT2D eigenvalue weighted by Crippen LogP contribution is 2.29. The number of aryl methyl sites for hydroxylation is 1. The first-order valence-electron chi connectivity index (χ1n) is 7.61. The van der Waals surface area contributed by atoms with E-state index in [-0.39, 0.29) is 12.2 Å². The summed E-state index contributed by atoms with van der Waals surface area (Å²) in [6.07, 6.45) is -1.96. The number of fused-ring (bicyclic) bond motifs is 1. The molecular formula is C17H12F3N3O3S. The molecule has 6 nitrogen and oxygen atoms in total. The van der Waals surface area contributed by atoms with Crippen LogP contribution in [0.15, 0.2) is 41.2 Å². The molecule has 2 heterocycles. The number of benzene rings is 1. The second kappa shape index (κ2) is 7.31. The average Bonchev–Trinajstić information content (AvgIpc) is 3.01. The van der Waals surface area contributed by atoms with Crippen LogP contribution in [0.2, 0.25) is 0 Å². The van der Waals surface area contributed by atoms with Crippen molar-refractivity contribution in [2.45, 2.75) is 19.7 Å². The molecule has 140 valence electrons. The average molecular weight is 395 g/mol. The van der Waals surface area contributed by atoms with Crippen molar-refractivity contribution in [3.63, 3.8) is 0 Å². The van der Waals surface area contributed by atoms with Crippen LogP contribution in [0.1, 0.15) is 21.8 Å². The summed E-state index contributed by atoms with van der Waals surface area (Å²) >= 11 is 1.12. The van der Waals surface area contributed by atoms with E-state index >= 15 is 0 Å². The molecule has 0 saturated carbocycles. The lowest BCUT2D eigenvalue weighted by Crippen LogP contribution is -2.14. The summed E-state index contributed by atoms with van der Waals surface area (Å²) in [4.78, 5) is 28.1.